The quantitative estimate of drug-likeness (QED) is 0.753. The molecule has 1 saturated heterocycles. The second-order valence-electron chi connectivity index (χ2n) is 5.24. The van der Waals surface area contributed by atoms with Crippen LogP contribution in [0.2, 0.25) is 0 Å². The van der Waals surface area contributed by atoms with E-state index in [2.05, 4.69) is 11.9 Å². The molecule has 0 spiro atoms. The molecule has 1 unspecified atom stereocenters. The minimum Gasteiger partial charge on any atom is -0.494 e. The summed E-state index contributed by atoms with van der Waals surface area (Å²) in [5.74, 6) is 3.46. The highest BCUT2D eigenvalue weighted by molar-refractivity contribution is 7.99. The largest absolute Gasteiger partial charge is 0.494 e. The number of nitrogens with zero attached hydrogens (tertiary/aromatic N) is 1. The molecule has 4 heteroatoms. The Bertz CT molecular complexity index is 470. The Hall–Kier alpha value is -1.00. The normalized spacial score (nSPS) is 18.5. The van der Waals surface area contributed by atoms with Crippen molar-refractivity contribution in [2.24, 2.45) is 0 Å². The highest BCUT2D eigenvalue weighted by atomic mass is 32.2. The Morgan fingerprint density at radius 1 is 1.50 bits per heavy atom. The van der Waals surface area contributed by atoms with Gasteiger partial charge in [-0.25, -0.2) is 0 Å². The molecule has 1 heterocycles. The molecule has 0 saturated carbocycles. The molecular formula is C16H23NO2S. The lowest BCUT2D eigenvalue weighted by atomic mass is 10.1. The number of carbonyl (C=O) groups is 1. The van der Waals surface area contributed by atoms with Crippen molar-refractivity contribution in [1.29, 1.82) is 0 Å². The van der Waals surface area contributed by atoms with Crippen molar-refractivity contribution in [2.45, 2.75) is 32.9 Å². The minimum absolute atomic E-state index is 0.105. The van der Waals surface area contributed by atoms with Crippen LogP contribution in [0.4, 0.5) is 0 Å². The Morgan fingerprint density at radius 2 is 2.30 bits per heavy atom. The molecule has 0 aliphatic carbocycles. The van der Waals surface area contributed by atoms with Gasteiger partial charge in [0.05, 0.1) is 6.61 Å². The van der Waals surface area contributed by atoms with E-state index in [0.29, 0.717) is 12.6 Å². The number of ether oxygens (including phenoxy) is 1. The molecule has 20 heavy (non-hydrogen) atoms. The topological polar surface area (TPSA) is 29.5 Å². The monoisotopic (exact) mass is 293 g/mol. The van der Waals surface area contributed by atoms with Gasteiger partial charge in [0.15, 0.2) is 5.78 Å². The minimum atomic E-state index is 0.105. The second kappa shape index (κ2) is 7.14. The van der Waals surface area contributed by atoms with Gasteiger partial charge in [0, 0.05) is 29.5 Å². The number of ketones is 1. The first-order chi connectivity index (χ1) is 9.61. The third-order valence-electron chi connectivity index (χ3n) is 3.72. The van der Waals surface area contributed by atoms with Gasteiger partial charge in [-0.1, -0.05) is 0 Å². The number of thioether (sulfide) groups is 1. The zero-order chi connectivity index (χ0) is 14.5. The van der Waals surface area contributed by atoms with Gasteiger partial charge >= 0.3 is 0 Å². The Kier molecular flexibility index (Phi) is 5.49. The summed E-state index contributed by atoms with van der Waals surface area (Å²) >= 11 is 2.02. The molecule has 0 bridgehead atoms. The number of hydrogen-bond acceptors (Lipinski definition) is 4. The molecule has 1 aliphatic heterocycles. The van der Waals surface area contributed by atoms with E-state index in [4.69, 9.17) is 4.74 Å². The molecule has 3 nitrogen and oxygen atoms in total. The lowest BCUT2D eigenvalue weighted by Crippen LogP contribution is -2.31. The van der Waals surface area contributed by atoms with Crippen molar-refractivity contribution in [3.8, 4) is 5.75 Å². The Morgan fingerprint density at radius 3 is 2.90 bits per heavy atom. The maximum atomic E-state index is 11.6. The first kappa shape index (κ1) is 15.4. The van der Waals surface area contributed by atoms with Crippen molar-refractivity contribution < 1.29 is 9.53 Å². The van der Waals surface area contributed by atoms with Gasteiger partial charge in [-0.2, -0.15) is 11.8 Å². The van der Waals surface area contributed by atoms with Crippen LogP contribution in [-0.4, -0.2) is 41.9 Å². The standard InChI is InChI=1S/C16H23NO2S/c1-4-19-16-6-5-13(12(2)18)9-14(16)10-17(3)15-7-8-20-11-15/h5-6,9,15H,4,7-8,10-11H2,1-3H3. The SMILES string of the molecule is CCOc1ccc(C(C)=O)cc1CN(C)C1CCSC1. The maximum absolute atomic E-state index is 11.6. The van der Waals surface area contributed by atoms with Crippen LogP contribution in [0.25, 0.3) is 0 Å². The molecule has 2 rings (SSSR count). The zero-order valence-corrected chi connectivity index (χ0v) is 13.3. The number of rotatable bonds is 6. The lowest BCUT2D eigenvalue weighted by Gasteiger charge is -2.24. The third-order valence-corrected chi connectivity index (χ3v) is 4.86. The fourth-order valence-electron chi connectivity index (χ4n) is 2.49. The van der Waals surface area contributed by atoms with E-state index in [9.17, 15) is 4.79 Å². The molecule has 0 amide bonds. The molecule has 1 atom stereocenters. The summed E-state index contributed by atoms with van der Waals surface area (Å²) in [7, 11) is 2.16. The van der Waals surface area contributed by atoms with E-state index < -0.39 is 0 Å². The number of carbonyl (C=O) groups excluding carboxylic acids is 1. The summed E-state index contributed by atoms with van der Waals surface area (Å²) in [5, 5.41) is 0. The fourth-order valence-corrected chi connectivity index (χ4v) is 3.78. The molecule has 1 aromatic carbocycles. The van der Waals surface area contributed by atoms with E-state index in [1.165, 1.54) is 17.9 Å². The van der Waals surface area contributed by atoms with Crippen LogP contribution in [-0.2, 0) is 6.54 Å². The molecule has 110 valence electrons. The van der Waals surface area contributed by atoms with Gasteiger partial charge in [0.25, 0.3) is 0 Å². The van der Waals surface area contributed by atoms with Crippen LogP contribution >= 0.6 is 11.8 Å². The van der Waals surface area contributed by atoms with E-state index in [0.717, 1.165) is 23.4 Å². The Balaban J connectivity index is 2.17. The van der Waals surface area contributed by atoms with Gasteiger partial charge in [-0.15, -0.1) is 0 Å². The van der Waals surface area contributed by atoms with Crippen molar-refractivity contribution in [1.82, 2.24) is 4.90 Å². The van der Waals surface area contributed by atoms with Gasteiger partial charge in [0.1, 0.15) is 5.75 Å². The van der Waals surface area contributed by atoms with Crippen molar-refractivity contribution in [3.05, 3.63) is 29.3 Å². The van der Waals surface area contributed by atoms with Crippen molar-refractivity contribution in [2.75, 3.05) is 25.2 Å². The maximum Gasteiger partial charge on any atom is 0.159 e. The van der Waals surface area contributed by atoms with Crippen LogP contribution in [0.5, 0.6) is 5.75 Å². The average molecular weight is 293 g/mol. The first-order valence-corrected chi connectivity index (χ1v) is 8.32. The van der Waals surface area contributed by atoms with Crippen LogP contribution < -0.4 is 4.74 Å². The number of hydrogen-bond donors (Lipinski definition) is 0. The number of benzene rings is 1. The van der Waals surface area contributed by atoms with Gasteiger partial charge in [-0.3, -0.25) is 9.69 Å². The molecular weight excluding hydrogens is 270 g/mol. The average Bonchev–Trinajstić information content (AvgIpc) is 2.94. The van der Waals surface area contributed by atoms with Crippen LogP contribution in [0, 0.1) is 0 Å². The highest BCUT2D eigenvalue weighted by Crippen LogP contribution is 2.26. The molecule has 0 radical (unpaired) electrons. The van der Waals surface area contributed by atoms with E-state index in [1.54, 1.807) is 6.92 Å². The smallest absolute Gasteiger partial charge is 0.159 e. The first-order valence-electron chi connectivity index (χ1n) is 7.16. The predicted molar refractivity (Wildman–Crippen MR) is 84.8 cm³/mol. The zero-order valence-electron chi connectivity index (χ0n) is 12.5. The van der Waals surface area contributed by atoms with Crippen molar-refractivity contribution >= 4 is 17.5 Å². The predicted octanol–water partition coefficient (Wildman–Crippen LogP) is 3.23. The second-order valence-corrected chi connectivity index (χ2v) is 6.39. The molecule has 1 aromatic rings. The van der Waals surface area contributed by atoms with Crippen LogP contribution in [0.3, 0.4) is 0 Å². The number of Topliss-reactive ketones (excluding diaryl/α,β-unsaturated/α-hetero) is 1. The molecule has 1 aliphatic rings. The fraction of sp³-hybridized carbons (Fsp3) is 0.562. The van der Waals surface area contributed by atoms with E-state index in [1.807, 2.05) is 36.9 Å². The molecule has 1 fully saturated rings. The van der Waals surface area contributed by atoms with E-state index >= 15 is 0 Å². The highest BCUT2D eigenvalue weighted by Gasteiger charge is 2.21. The summed E-state index contributed by atoms with van der Waals surface area (Å²) in [6.45, 7) is 5.08. The van der Waals surface area contributed by atoms with Crippen LogP contribution in [0.1, 0.15) is 36.2 Å². The van der Waals surface area contributed by atoms with Gasteiger partial charge < -0.3 is 4.74 Å². The van der Waals surface area contributed by atoms with E-state index in [-0.39, 0.29) is 5.78 Å². The Labute approximate surface area is 125 Å². The van der Waals surface area contributed by atoms with Gasteiger partial charge in [-0.05, 0) is 51.3 Å². The molecule has 0 aromatic heterocycles. The summed E-state index contributed by atoms with van der Waals surface area (Å²) in [5.41, 5.74) is 1.87. The summed E-state index contributed by atoms with van der Waals surface area (Å²) in [4.78, 5) is 13.9. The van der Waals surface area contributed by atoms with Crippen LogP contribution in [0.15, 0.2) is 18.2 Å². The summed E-state index contributed by atoms with van der Waals surface area (Å²) in [6.07, 6.45) is 1.25. The third kappa shape index (κ3) is 3.76. The lowest BCUT2D eigenvalue weighted by molar-refractivity contribution is 0.101. The summed E-state index contributed by atoms with van der Waals surface area (Å²) in [6, 6.07) is 6.39. The van der Waals surface area contributed by atoms with Gasteiger partial charge in [0.2, 0.25) is 0 Å². The molecule has 0 N–H and O–H groups in total. The van der Waals surface area contributed by atoms with Crippen molar-refractivity contribution in [3.63, 3.8) is 0 Å². The summed E-state index contributed by atoms with van der Waals surface area (Å²) < 4.78 is 5.69.